The smallest absolute Gasteiger partial charge is 0.160 e. The van der Waals surface area contributed by atoms with Gasteiger partial charge >= 0.3 is 0 Å². The van der Waals surface area contributed by atoms with Gasteiger partial charge in [-0.15, -0.1) is 0 Å². The fraction of sp³-hybridized carbons (Fsp3) is 0.0698. The third-order valence-corrected chi connectivity index (χ3v) is 26.2. The van der Waals surface area contributed by atoms with Crippen LogP contribution in [-0.2, 0) is 5.41 Å². The van der Waals surface area contributed by atoms with Crippen molar-refractivity contribution in [1.82, 2.24) is 59.8 Å². The fourth-order valence-electron chi connectivity index (χ4n) is 18.4. The Hall–Kier alpha value is -18.0. The van der Waals surface area contributed by atoms with Gasteiger partial charge in [0.1, 0.15) is 0 Å². The molecule has 15 aromatic carbocycles. The van der Waals surface area contributed by atoms with E-state index in [1.165, 1.54) is 44.5 Å². The lowest BCUT2D eigenvalue weighted by Crippen LogP contribution is -2.13. The largest absolute Gasteiger partial charge is 0.251 e. The third kappa shape index (κ3) is 18.8. The van der Waals surface area contributed by atoms with E-state index in [0.29, 0.717) is 17.5 Å². The lowest BCUT2D eigenvalue weighted by molar-refractivity contribution is 0.571. The van der Waals surface area contributed by atoms with Gasteiger partial charge in [-0.1, -0.05) is 403 Å². The Balaban J connectivity index is 0.000000121. The van der Waals surface area contributed by atoms with E-state index in [9.17, 15) is 0 Å². The van der Waals surface area contributed by atoms with Crippen LogP contribution in [0.2, 0.25) is 0 Å². The Morgan fingerprint density at radius 3 is 0.603 bits per heavy atom. The van der Waals surface area contributed by atoms with Crippen molar-refractivity contribution in [2.75, 3.05) is 0 Å². The topological polar surface area (TPSA) is 155 Å². The number of hydrogen-bond donors (Lipinski definition) is 0. The number of fused-ring (bicyclic) bond motifs is 9. The van der Waals surface area contributed by atoms with E-state index in [-0.39, 0.29) is 5.41 Å². The third-order valence-electron chi connectivity index (χ3n) is 26.2. The molecule has 0 radical (unpaired) electrons. The number of benzene rings is 15. The highest BCUT2D eigenvalue weighted by Gasteiger charge is 2.22. The molecular weight excluding hydrogens is 1720 g/mol. The second-order valence-electron chi connectivity index (χ2n) is 37.0. The Bertz CT molecular complexity index is 8430. The molecule has 141 heavy (non-hydrogen) atoms. The molecule has 0 aliphatic heterocycles. The molecule has 24 rings (SSSR count). The summed E-state index contributed by atoms with van der Waals surface area (Å²) in [4.78, 5) is 60.5. The maximum Gasteiger partial charge on any atom is 0.160 e. The van der Waals surface area contributed by atoms with Gasteiger partial charge in [0, 0.05) is 122 Å². The van der Waals surface area contributed by atoms with Crippen molar-refractivity contribution in [3.63, 3.8) is 0 Å². The standard InChI is InChI=1S/C45H36N4.2C42H30N4/c1-29-27-38(46-43-37(29)25-23-35-24-26-41(45(2,3)4)49-42(35)43)33-19-21-36(22-20-33)44-47-39(32-13-9-6-10-14-32)28-40(48-44)34-17-15-31(16-18-34)30-11-7-5-8-12-30;1-27-25-37(44-41-36(27)24-23-34-14-13-28(2)43-40(34)41)32-17-19-33(20-18-32)39-26-38(31-11-7-4-8-12-31)45-42(46-39)35-21-15-30(16-22-35)29-9-5-3-6-10-29;1-27-25-37(44-41-36(27)24-23-34-14-13-28(2)43-40(34)41)31-19-21-33(22-20-31)39-26-38(45-42(46-39)35-11-7-4-8-12-35)32-17-15-30(16-18-32)29-9-5-3-6-10-29/h5-28H,1-4H3;2*3-26H,1-2H3. The maximum atomic E-state index is 5.20. The van der Waals surface area contributed by atoms with Gasteiger partial charge in [-0.3, -0.25) is 9.97 Å². The van der Waals surface area contributed by atoms with Crippen molar-refractivity contribution in [2.45, 2.75) is 60.8 Å². The molecule has 0 aliphatic rings. The molecule has 0 atom stereocenters. The highest BCUT2D eigenvalue weighted by atomic mass is 14.9. The SMILES string of the molecule is Cc1cc(-c2ccc(-c3nc(-c4ccccc4)cc(-c4ccc(-c5ccccc5)cc4)n3)cc2)nc2c1ccc1ccc(C(C)(C)C)nc12.Cc1ccc2ccc3c(C)cc(-c4ccc(-c5cc(-c6ccc(-c7ccccc7)cc6)nc(-c6ccccc6)n5)cc4)nc3c2n1.Cc1ccc2ccc3c(C)cc(-c4ccc(-c5cc(-c6ccccc6)nc(-c6ccc(-c7ccccc7)cc6)n5)cc4)nc3c2n1. The van der Waals surface area contributed by atoms with E-state index in [0.717, 1.165) is 206 Å². The van der Waals surface area contributed by atoms with Crippen LogP contribution in [0.25, 0.3) is 234 Å². The lowest BCUT2D eigenvalue weighted by Gasteiger charge is -2.18. The molecule has 672 valence electrons. The van der Waals surface area contributed by atoms with E-state index in [1.807, 2.05) is 98.8 Å². The molecule has 9 heterocycles. The predicted molar refractivity (Wildman–Crippen MR) is 582 cm³/mol. The molecule has 0 bridgehead atoms. The Morgan fingerprint density at radius 2 is 0.340 bits per heavy atom. The predicted octanol–water partition coefficient (Wildman–Crippen LogP) is 32.6. The van der Waals surface area contributed by atoms with Gasteiger partial charge in [-0.2, -0.15) is 0 Å². The number of pyridine rings is 6. The fourth-order valence-corrected chi connectivity index (χ4v) is 18.4. The zero-order chi connectivity index (χ0) is 95.6. The number of nitrogens with zero attached hydrogens (tertiary/aromatic N) is 12. The number of aromatic nitrogens is 12. The average molecular weight is 1810 g/mol. The van der Waals surface area contributed by atoms with E-state index in [1.54, 1.807) is 0 Å². The molecule has 0 amide bonds. The molecule has 0 spiro atoms. The van der Waals surface area contributed by atoms with E-state index in [4.69, 9.17) is 59.8 Å². The quantitative estimate of drug-likeness (QED) is 0.0897. The van der Waals surface area contributed by atoms with Gasteiger partial charge < -0.3 is 0 Å². The first-order valence-corrected chi connectivity index (χ1v) is 47.7. The highest BCUT2D eigenvalue weighted by Crippen LogP contribution is 2.40. The summed E-state index contributed by atoms with van der Waals surface area (Å²) in [6, 6.07) is 151. The van der Waals surface area contributed by atoms with Crippen molar-refractivity contribution in [3.05, 3.63) is 471 Å². The van der Waals surface area contributed by atoms with Crippen LogP contribution < -0.4 is 0 Å². The van der Waals surface area contributed by atoms with Gasteiger partial charge in [0.15, 0.2) is 17.5 Å². The van der Waals surface area contributed by atoms with Crippen LogP contribution in [0.1, 0.15) is 54.5 Å². The molecule has 12 nitrogen and oxygen atoms in total. The number of hydrogen-bond acceptors (Lipinski definition) is 12. The summed E-state index contributed by atoms with van der Waals surface area (Å²) >= 11 is 0. The van der Waals surface area contributed by atoms with Crippen molar-refractivity contribution < 1.29 is 0 Å². The second-order valence-corrected chi connectivity index (χ2v) is 37.0. The van der Waals surface area contributed by atoms with Gasteiger partial charge in [0.05, 0.1) is 84.3 Å². The average Bonchev–Trinajstić information content (AvgIpc) is 0.761. The van der Waals surface area contributed by atoms with Gasteiger partial charge in [0.2, 0.25) is 0 Å². The molecule has 9 aromatic heterocycles. The molecule has 0 saturated heterocycles. The second kappa shape index (κ2) is 38.3. The van der Waals surface area contributed by atoms with Crippen LogP contribution in [0.15, 0.2) is 437 Å². The molecule has 0 aliphatic carbocycles. The zero-order valence-corrected chi connectivity index (χ0v) is 79.4. The van der Waals surface area contributed by atoms with Crippen LogP contribution in [0.4, 0.5) is 0 Å². The summed E-state index contributed by atoms with van der Waals surface area (Å²) in [6.45, 7) is 17.1. The highest BCUT2D eigenvalue weighted by molar-refractivity contribution is 6.07. The van der Waals surface area contributed by atoms with Crippen LogP contribution in [0.5, 0.6) is 0 Å². The summed E-state index contributed by atoms with van der Waals surface area (Å²) in [5.41, 5.74) is 39.6. The zero-order valence-electron chi connectivity index (χ0n) is 79.4. The van der Waals surface area contributed by atoms with Crippen LogP contribution in [0.3, 0.4) is 0 Å². The molecule has 0 saturated carbocycles. The molecular formula is C129H96N12. The molecule has 0 unspecified atom stereocenters. The minimum Gasteiger partial charge on any atom is -0.251 e. The van der Waals surface area contributed by atoms with Crippen molar-refractivity contribution in [2.24, 2.45) is 0 Å². The Kier molecular flexibility index (Phi) is 24.0. The van der Waals surface area contributed by atoms with Crippen LogP contribution in [0, 0.1) is 34.6 Å². The Morgan fingerprint density at radius 1 is 0.149 bits per heavy atom. The first-order chi connectivity index (χ1) is 69.0. The summed E-state index contributed by atoms with van der Waals surface area (Å²) in [5.74, 6) is 2.08. The van der Waals surface area contributed by atoms with E-state index < -0.39 is 0 Å². The van der Waals surface area contributed by atoms with Crippen molar-refractivity contribution >= 4 is 65.4 Å². The van der Waals surface area contributed by atoms with Crippen molar-refractivity contribution in [3.8, 4) is 169 Å². The summed E-state index contributed by atoms with van der Waals surface area (Å²) in [5, 5.41) is 6.68. The van der Waals surface area contributed by atoms with Crippen molar-refractivity contribution in [1.29, 1.82) is 0 Å². The molecule has 0 fully saturated rings. The summed E-state index contributed by atoms with van der Waals surface area (Å²) < 4.78 is 0. The molecule has 0 N–H and O–H groups in total. The normalized spacial score (nSPS) is 11.4. The summed E-state index contributed by atoms with van der Waals surface area (Å²) in [7, 11) is 0. The van der Waals surface area contributed by atoms with Gasteiger partial charge in [0.25, 0.3) is 0 Å². The summed E-state index contributed by atoms with van der Waals surface area (Å²) in [6.07, 6.45) is 0. The lowest BCUT2D eigenvalue weighted by atomic mass is 9.91. The molecule has 12 heteroatoms. The Labute approximate surface area is 819 Å². The number of aryl methyl sites for hydroxylation is 5. The maximum absolute atomic E-state index is 5.20. The van der Waals surface area contributed by atoms with E-state index in [2.05, 4.69) is 393 Å². The first-order valence-electron chi connectivity index (χ1n) is 47.7. The minimum atomic E-state index is -0.0514. The monoisotopic (exact) mass is 1810 g/mol. The minimum absolute atomic E-state index is 0.0514. The van der Waals surface area contributed by atoms with Crippen LogP contribution >= 0.6 is 0 Å². The number of rotatable bonds is 15. The molecule has 24 aromatic rings. The van der Waals surface area contributed by atoms with Gasteiger partial charge in [-0.05, 0) is 139 Å². The van der Waals surface area contributed by atoms with Gasteiger partial charge in [-0.25, -0.2) is 49.8 Å². The first kappa shape index (κ1) is 88.3. The van der Waals surface area contributed by atoms with Crippen LogP contribution in [-0.4, -0.2) is 59.8 Å². The van der Waals surface area contributed by atoms with E-state index >= 15 is 0 Å².